The molecule has 94 valence electrons. The third kappa shape index (κ3) is 2.79. The monoisotopic (exact) mass is 234 g/mol. The van der Waals surface area contributed by atoms with Crippen molar-refractivity contribution in [2.75, 3.05) is 6.61 Å². The van der Waals surface area contributed by atoms with Gasteiger partial charge in [-0.2, -0.15) is 0 Å². The third-order valence-electron chi connectivity index (χ3n) is 3.60. The van der Waals surface area contributed by atoms with Crippen molar-refractivity contribution in [1.29, 1.82) is 0 Å². The summed E-state index contributed by atoms with van der Waals surface area (Å²) in [5.41, 5.74) is 4.18. The normalized spacial score (nSPS) is 18.2. The maximum absolute atomic E-state index is 5.74. The predicted octanol–water partition coefficient (Wildman–Crippen LogP) is 2.78. The first-order valence-electron chi connectivity index (χ1n) is 6.54. The average molecular weight is 234 g/mol. The molecular formula is C14H22N2O. The molecular weight excluding hydrogens is 212 g/mol. The minimum atomic E-state index is 0.222. The van der Waals surface area contributed by atoms with Gasteiger partial charge in [-0.15, -0.1) is 0 Å². The summed E-state index contributed by atoms with van der Waals surface area (Å²) in [6.07, 6.45) is 5.16. The van der Waals surface area contributed by atoms with Gasteiger partial charge in [-0.05, 0) is 31.7 Å². The Hall–Kier alpha value is -1.06. The van der Waals surface area contributed by atoms with Crippen LogP contribution < -0.4 is 16.0 Å². The molecule has 0 bridgehead atoms. The second kappa shape index (κ2) is 6.03. The number of nitrogens with two attached hydrogens (primary N) is 1. The molecule has 0 saturated heterocycles. The number of rotatable bonds is 5. The molecule has 1 fully saturated rings. The topological polar surface area (TPSA) is 47.3 Å². The Bertz CT molecular complexity index is 348. The fraction of sp³-hybridized carbons (Fsp3) is 0.571. The molecule has 0 amide bonds. The van der Waals surface area contributed by atoms with Crippen LogP contribution in [0.2, 0.25) is 0 Å². The predicted molar refractivity (Wildman–Crippen MR) is 69.6 cm³/mol. The Morgan fingerprint density at radius 2 is 2.06 bits per heavy atom. The standard InChI is InChI=1S/C14H22N2O/c1-2-17-13-10-6-5-9-12(13)14(16-15)11-7-3-4-8-11/h5-6,9-11,14,16H,2-4,7-8,15H2,1H3. The van der Waals surface area contributed by atoms with Crippen LogP contribution in [0.4, 0.5) is 0 Å². The van der Waals surface area contributed by atoms with Gasteiger partial charge in [0.15, 0.2) is 0 Å². The highest BCUT2D eigenvalue weighted by molar-refractivity contribution is 5.36. The van der Waals surface area contributed by atoms with E-state index in [9.17, 15) is 0 Å². The lowest BCUT2D eigenvalue weighted by atomic mass is 9.91. The van der Waals surface area contributed by atoms with E-state index >= 15 is 0 Å². The summed E-state index contributed by atoms with van der Waals surface area (Å²) >= 11 is 0. The number of ether oxygens (including phenoxy) is 1. The van der Waals surface area contributed by atoms with Crippen molar-refractivity contribution in [3.63, 3.8) is 0 Å². The SMILES string of the molecule is CCOc1ccccc1C(NN)C1CCCC1. The maximum atomic E-state index is 5.74. The number of para-hydroxylation sites is 1. The Morgan fingerprint density at radius 3 is 2.71 bits per heavy atom. The van der Waals surface area contributed by atoms with E-state index in [0.717, 1.165) is 5.75 Å². The molecule has 17 heavy (non-hydrogen) atoms. The van der Waals surface area contributed by atoms with Gasteiger partial charge in [0.1, 0.15) is 5.75 Å². The van der Waals surface area contributed by atoms with Gasteiger partial charge in [0.25, 0.3) is 0 Å². The van der Waals surface area contributed by atoms with E-state index < -0.39 is 0 Å². The molecule has 1 aromatic rings. The molecule has 1 aromatic carbocycles. The van der Waals surface area contributed by atoms with Crippen LogP contribution in [0.1, 0.15) is 44.2 Å². The first-order chi connectivity index (χ1) is 8.36. The molecule has 0 heterocycles. The van der Waals surface area contributed by atoms with E-state index in [-0.39, 0.29) is 6.04 Å². The van der Waals surface area contributed by atoms with Crippen molar-refractivity contribution in [2.24, 2.45) is 11.8 Å². The van der Waals surface area contributed by atoms with Gasteiger partial charge in [-0.3, -0.25) is 11.3 Å². The van der Waals surface area contributed by atoms with Crippen molar-refractivity contribution >= 4 is 0 Å². The number of hydrogen-bond acceptors (Lipinski definition) is 3. The van der Waals surface area contributed by atoms with Gasteiger partial charge in [-0.25, -0.2) is 0 Å². The highest BCUT2D eigenvalue weighted by Crippen LogP contribution is 2.38. The fourth-order valence-electron chi connectivity index (χ4n) is 2.79. The van der Waals surface area contributed by atoms with Crippen LogP contribution in [0.5, 0.6) is 5.75 Å². The molecule has 0 radical (unpaired) electrons. The zero-order chi connectivity index (χ0) is 12.1. The van der Waals surface area contributed by atoms with Gasteiger partial charge in [0.05, 0.1) is 12.6 Å². The Morgan fingerprint density at radius 1 is 1.35 bits per heavy atom. The average Bonchev–Trinajstić information content (AvgIpc) is 2.86. The first-order valence-corrected chi connectivity index (χ1v) is 6.54. The van der Waals surface area contributed by atoms with E-state index in [2.05, 4.69) is 17.6 Å². The van der Waals surface area contributed by atoms with E-state index in [4.69, 9.17) is 10.6 Å². The summed E-state index contributed by atoms with van der Waals surface area (Å²) in [5.74, 6) is 7.35. The lowest BCUT2D eigenvalue weighted by molar-refractivity contribution is 0.314. The summed E-state index contributed by atoms with van der Waals surface area (Å²) in [6.45, 7) is 2.70. The molecule has 1 atom stereocenters. The van der Waals surface area contributed by atoms with Crippen LogP contribution in [-0.2, 0) is 0 Å². The molecule has 1 aliphatic rings. The lowest BCUT2D eigenvalue weighted by Gasteiger charge is -2.25. The Labute approximate surface area is 103 Å². The molecule has 3 N–H and O–H groups in total. The summed E-state index contributed by atoms with van der Waals surface area (Å²) in [5, 5.41) is 0. The van der Waals surface area contributed by atoms with E-state index in [1.165, 1.54) is 31.2 Å². The largest absolute Gasteiger partial charge is 0.494 e. The summed E-state index contributed by atoms with van der Waals surface area (Å²) in [4.78, 5) is 0. The first kappa shape index (κ1) is 12.4. The van der Waals surface area contributed by atoms with Crippen molar-refractivity contribution in [1.82, 2.24) is 5.43 Å². The lowest BCUT2D eigenvalue weighted by Crippen LogP contribution is -2.33. The highest BCUT2D eigenvalue weighted by atomic mass is 16.5. The summed E-state index contributed by atoms with van der Waals surface area (Å²) < 4.78 is 5.68. The van der Waals surface area contributed by atoms with Crippen LogP contribution in [0.15, 0.2) is 24.3 Å². The van der Waals surface area contributed by atoms with Crippen LogP contribution >= 0.6 is 0 Å². The van der Waals surface area contributed by atoms with Crippen molar-refractivity contribution in [2.45, 2.75) is 38.6 Å². The van der Waals surface area contributed by atoms with Gasteiger partial charge in [-0.1, -0.05) is 31.0 Å². The molecule has 3 nitrogen and oxygen atoms in total. The second-order valence-electron chi connectivity index (χ2n) is 4.66. The number of hydrazine groups is 1. The van der Waals surface area contributed by atoms with E-state index in [1.54, 1.807) is 0 Å². The molecule has 1 saturated carbocycles. The quantitative estimate of drug-likeness (QED) is 0.608. The molecule has 1 unspecified atom stereocenters. The zero-order valence-electron chi connectivity index (χ0n) is 10.5. The van der Waals surface area contributed by atoms with Gasteiger partial charge in [0, 0.05) is 5.56 Å². The molecule has 0 spiro atoms. The molecule has 0 aromatic heterocycles. The summed E-state index contributed by atoms with van der Waals surface area (Å²) in [6, 6.07) is 8.43. The smallest absolute Gasteiger partial charge is 0.124 e. The molecule has 2 rings (SSSR count). The molecule has 1 aliphatic carbocycles. The number of nitrogens with one attached hydrogen (secondary N) is 1. The van der Waals surface area contributed by atoms with Crippen molar-refractivity contribution in [3.8, 4) is 5.75 Å². The van der Waals surface area contributed by atoms with Crippen molar-refractivity contribution in [3.05, 3.63) is 29.8 Å². The maximum Gasteiger partial charge on any atom is 0.124 e. The number of hydrogen-bond donors (Lipinski definition) is 2. The second-order valence-corrected chi connectivity index (χ2v) is 4.66. The zero-order valence-corrected chi connectivity index (χ0v) is 10.5. The Kier molecular flexibility index (Phi) is 4.40. The van der Waals surface area contributed by atoms with Crippen LogP contribution in [0.25, 0.3) is 0 Å². The van der Waals surface area contributed by atoms with Gasteiger partial charge >= 0.3 is 0 Å². The molecule has 3 heteroatoms. The summed E-state index contributed by atoms with van der Waals surface area (Å²) in [7, 11) is 0. The highest BCUT2D eigenvalue weighted by Gasteiger charge is 2.27. The van der Waals surface area contributed by atoms with E-state index in [0.29, 0.717) is 12.5 Å². The fourth-order valence-corrected chi connectivity index (χ4v) is 2.79. The van der Waals surface area contributed by atoms with Gasteiger partial charge < -0.3 is 4.74 Å². The third-order valence-corrected chi connectivity index (χ3v) is 3.60. The Balaban J connectivity index is 2.22. The van der Waals surface area contributed by atoms with Crippen LogP contribution in [0, 0.1) is 5.92 Å². The van der Waals surface area contributed by atoms with Crippen LogP contribution in [0.3, 0.4) is 0 Å². The minimum absolute atomic E-state index is 0.222. The number of benzene rings is 1. The molecule has 0 aliphatic heterocycles. The van der Waals surface area contributed by atoms with Crippen LogP contribution in [-0.4, -0.2) is 6.61 Å². The van der Waals surface area contributed by atoms with E-state index in [1.807, 2.05) is 19.1 Å². The van der Waals surface area contributed by atoms with Crippen molar-refractivity contribution < 1.29 is 4.74 Å². The minimum Gasteiger partial charge on any atom is -0.494 e. The van der Waals surface area contributed by atoms with Gasteiger partial charge in [0.2, 0.25) is 0 Å².